The number of nitrogens with zero attached hydrogens (tertiary/aromatic N) is 4. The van der Waals surface area contributed by atoms with Crippen LogP contribution in [0, 0.1) is 5.92 Å². The Bertz CT molecular complexity index is 1300. The number of amides is 2. The number of aliphatic hydroxyl groups is 1. The number of aliphatic hydroxyl groups excluding tert-OH is 1. The fraction of sp³-hybridized carbons (Fsp3) is 0.467. The highest BCUT2D eigenvalue weighted by Gasteiger charge is 2.28. The minimum absolute atomic E-state index is 0.300. The molecule has 2 amide bonds. The number of carbonyl (C=O) groups is 1. The molecular formula is C30H37N5O3. The lowest BCUT2D eigenvalue weighted by Crippen LogP contribution is -2.52. The van der Waals surface area contributed by atoms with Gasteiger partial charge >= 0.3 is 6.03 Å². The highest BCUT2D eigenvalue weighted by atomic mass is 16.5. The first-order chi connectivity index (χ1) is 18.4. The molecule has 0 radical (unpaired) electrons. The van der Waals surface area contributed by atoms with Crippen LogP contribution in [0.1, 0.15) is 55.7 Å². The maximum absolute atomic E-state index is 12.4. The largest absolute Gasteiger partial charge is 0.490 e. The lowest BCUT2D eigenvalue weighted by Gasteiger charge is -2.30. The van der Waals surface area contributed by atoms with Crippen LogP contribution in [-0.2, 0) is 26.7 Å². The van der Waals surface area contributed by atoms with Gasteiger partial charge in [-0.3, -0.25) is 9.80 Å². The van der Waals surface area contributed by atoms with Crippen molar-refractivity contribution in [3.63, 3.8) is 0 Å². The summed E-state index contributed by atoms with van der Waals surface area (Å²) < 4.78 is 8.25. The minimum Gasteiger partial charge on any atom is -0.490 e. The number of ether oxygens (including phenoxy) is 1. The second-order valence-electron chi connectivity index (χ2n) is 11.1. The van der Waals surface area contributed by atoms with Crippen LogP contribution >= 0.6 is 0 Å². The standard InChI is InChI=1S/C30H37N5O3/c1-20-5-3-4-6-26(20)38-25-11-7-21(8-12-25)17-34-18-23-10-9-22(15-24(23)19-34)29-31-16-28(33(29)2)35-14-13-27(36)32-30(35)37/h7-12,15-16,20,26-27,36H,3-6,13-14,17-19H2,1-2H3,(H,32,37)/t20-,26+,27?/m0/s1. The molecule has 38 heavy (non-hydrogen) atoms. The van der Waals surface area contributed by atoms with E-state index in [1.165, 1.54) is 36.0 Å². The van der Waals surface area contributed by atoms with E-state index in [2.05, 4.69) is 64.6 Å². The van der Waals surface area contributed by atoms with Gasteiger partial charge in [-0.2, -0.15) is 0 Å². The molecule has 3 aromatic rings. The van der Waals surface area contributed by atoms with E-state index in [1.807, 2.05) is 11.6 Å². The van der Waals surface area contributed by atoms with Gasteiger partial charge in [0, 0.05) is 45.2 Å². The summed E-state index contributed by atoms with van der Waals surface area (Å²) in [5.74, 6) is 3.15. The van der Waals surface area contributed by atoms with E-state index in [1.54, 1.807) is 11.1 Å². The van der Waals surface area contributed by atoms with Gasteiger partial charge in [-0.05, 0) is 60.1 Å². The van der Waals surface area contributed by atoms with Crippen molar-refractivity contribution < 1.29 is 14.6 Å². The molecule has 1 unspecified atom stereocenters. The Morgan fingerprint density at radius 1 is 1.05 bits per heavy atom. The van der Waals surface area contributed by atoms with Gasteiger partial charge in [0.25, 0.3) is 0 Å². The Morgan fingerprint density at radius 2 is 1.84 bits per heavy atom. The van der Waals surface area contributed by atoms with Crippen molar-refractivity contribution in [2.24, 2.45) is 13.0 Å². The first kappa shape index (κ1) is 24.9. The molecule has 3 aliphatic rings. The van der Waals surface area contributed by atoms with Crippen LogP contribution in [0.15, 0.2) is 48.7 Å². The van der Waals surface area contributed by atoms with Crippen molar-refractivity contribution in [1.29, 1.82) is 0 Å². The van der Waals surface area contributed by atoms with Gasteiger partial charge in [0.2, 0.25) is 0 Å². The van der Waals surface area contributed by atoms with E-state index in [4.69, 9.17) is 4.74 Å². The Labute approximate surface area is 224 Å². The Kier molecular flexibility index (Phi) is 6.84. The zero-order valence-electron chi connectivity index (χ0n) is 22.3. The fourth-order valence-electron chi connectivity index (χ4n) is 6.06. The van der Waals surface area contributed by atoms with E-state index < -0.39 is 6.23 Å². The number of carbonyl (C=O) groups excluding carboxylic acids is 1. The van der Waals surface area contributed by atoms with Crippen molar-refractivity contribution in [3.05, 3.63) is 65.4 Å². The summed E-state index contributed by atoms with van der Waals surface area (Å²) in [6, 6.07) is 14.9. The van der Waals surface area contributed by atoms with Crippen LogP contribution in [0.3, 0.4) is 0 Å². The average molecular weight is 516 g/mol. The van der Waals surface area contributed by atoms with Crippen molar-refractivity contribution in [3.8, 4) is 17.1 Å². The number of aromatic nitrogens is 2. The molecule has 1 aliphatic carbocycles. The number of urea groups is 1. The lowest BCUT2D eigenvalue weighted by molar-refractivity contribution is 0.102. The van der Waals surface area contributed by atoms with E-state index in [-0.39, 0.29) is 6.03 Å². The van der Waals surface area contributed by atoms with Crippen LogP contribution in [0.4, 0.5) is 10.6 Å². The normalized spacial score (nSPS) is 23.8. The summed E-state index contributed by atoms with van der Waals surface area (Å²) in [6.45, 7) is 5.48. The van der Waals surface area contributed by atoms with E-state index >= 15 is 0 Å². The molecular weight excluding hydrogens is 478 g/mol. The van der Waals surface area contributed by atoms with Gasteiger partial charge in [-0.1, -0.05) is 37.6 Å². The monoisotopic (exact) mass is 515 g/mol. The molecule has 200 valence electrons. The molecule has 3 atom stereocenters. The Morgan fingerprint density at radius 3 is 2.63 bits per heavy atom. The molecule has 2 aliphatic heterocycles. The number of benzene rings is 2. The van der Waals surface area contributed by atoms with Gasteiger partial charge < -0.3 is 19.7 Å². The summed E-state index contributed by atoms with van der Waals surface area (Å²) in [4.78, 5) is 21.1. The third kappa shape index (κ3) is 5.02. The van der Waals surface area contributed by atoms with Crippen molar-refractivity contribution in [1.82, 2.24) is 19.8 Å². The zero-order chi connectivity index (χ0) is 26.2. The van der Waals surface area contributed by atoms with Gasteiger partial charge in [0.05, 0.1) is 6.20 Å². The molecule has 2 aromatic carbocycles. The first-order valence-electron chi connectivity index (χ1n) is 13.8. The quantitative estimate of drug-likeness (QED) is 0.493. The molecule has 2 fully saturated rings. The molecule has 1 saturated heterocycles. The molecule has 8 nitrogen and oxygen atoms in total. The van der Waals surface area contributed by atoms with Crippen LogP contribution in [-0.4, -0.2) is 44.5 Å². The highest BCUT2D eigenvalue weighted by Crippen LogP contribution is 2.32. The summed E-state index contributed by atoms with van der Waals surface area (Å²) in [5.41, 5.74) is 4.99. The molecule has 1 saturated carbocycles. The number of anilines is 1. The number of imidazole rings is 1. The van der Waals surface area contributed by atoms with Crippen molar-refractivity contribution in [2.45, 2.75) is 71.0 Å². The molecule has 8 heteroatoms. The highest BCUT2D eigenvalue weighted by molar-refractivity contribution is 5.92. The summed E-state index contributed by atoms with van der Waals surface area (Å²) in [7, 11) is 1.93. The van der Waals surface area contributed by atoms with E-state index in [0.29, 0.717) is 25.0 Å². The smallest absolute Gasteiger partial charge is 0.325 e. The number of rotatable bonds is 6. The number of hydrogen-bond donors (Lipinski definition) is 2. The molecule has 0 spiro atoms. The summed E-state index contributed by atoms with van der Waals surface area (Å²) in [6.07, 6.45) is 6.79. The van der Waals surface area contributed by atoms with Gasteiger partial charge in [0.15, 0.2) is 0 Å². The van der Waals surface area contributed by atoms with Crippen LogP contribution in [0.5, 0.6) is 5.75 Å². The van der Waals surface area contributed by atoms with E-state index in [0.717, 1.165) is 49.0 Å². The topological polar surface area (TPSA) is 82.9 Å². The molecule has 6 rings (SSSR count). The summed E-state index contributed by atoms with van der Waals surface area (Å²) in [5, 5.41) is 12.3. The Balaban J connectivity index is 1.10. The Hall–Kier alpha value is -3.36. The number of fused-ring (bicyclic) bond motifs is 1. The second kappa shape index (κ2) is 10.4. The van der Waals surface area contributed by atoms with Crippen LogP contribution in [0.25, 0.3) is 11.4 Å². The third-order valence-corrected chi connectivity index (χ3v) is 8.30. The second-order valence-corrected chi connectivity index (χ2v) is 11.1. The molecule has 3 heterocycles. The van der Waals surface area contributed by atoms with Gasteiger partial charge in [0.1, 0.15) is 29.7 Å². The molecule has 2 N–H and O–H groups in total. The fourth-order valence-corrected chi connectivity index (χ4v) is 6.06. The third-order valence-electron chi connectivity index (χ3n) is 8.30. The van der Waals surface area contributed by atoms with Crippen LogP contribution < -0.4 is 15.0 Å². The summed E-state index contributed by atoms with van der Waals surface area (Å²) >= 11 is 0. The number of hydrogen-bond acceptors (Lipinski definition) is 5. The SMILES string of the molecule is C[C@H]1CCCC[C@H]1Oc1ccc(CN2Cc3ccc(-c4ncc(N5CCC(O)NC5=O)n4C)cc3C2)cc1. The average Bonchev–Trinajstić information content (AvgIpc) is 3.48. The lowest BCUT2D eigenvalue weighted by atomic mass is 9.88. The predicted molar refractivity (Wildman–Crippen MR) is 147 cm³/mol. The van der Waals surface area contributed by atoms with Gasteiger partial charge in [-0.15, -0.1) is 0 Å². The van der Waals surface area contributed by atoms with Gasteiger partial charge in [-0.25, -0.2) is 9.78 Å². The maximum atomic E-state index is 12.4. The maximum Gasteiger partial charge on any atom is 0.325 e. The first-order valence-corrected chi connectivity index (χ1v) is 13.8. The molecule has 0 bridgehead atoms. The minimum atomic E-state index is -0.789. The van der Waals surface area contributed by atoms with Crippen molar-refractivity contribution in [2.75, 3.05) is 11.4 Å². The zero-order valence-corrected chi connectivity index (χ0v) is 22.3. The van der Waals surface area contributed by atoms with E-state index in [9.17, 15) is 9.90 Å². The molecule has 1 aromatic heterocycles. The van der Waals surface area contributed by atoms with Crippen LogP contribution in [0.2, 0.25) is 0 Å². The van der Waals surface area contributed by atoms with Crippen molar-refractivity contribution >= 4 is 11.8 Å². The number of nitrogens with one attached hydrogen (secondary N) is 1. The predicted octanol–water partition coefficient (Wildman–Crippen LogP) is 4.80.